The van der Waals surface area contributed by atoms with Crippen molar-refractivity contribution in [2.75, 3.05) is 19.6 Å². The number of halogens is 3. The van der Waals surface area contributed by atoms with Gasteiger partial charge in [-0.25, -0.2) is 9.78 Å². The number of amides is 1. The third-order valence-electron chi connectivity index (χ3n) is 5.32. The molecule has 0 unspecified atom stereocenters. The van der Waals surface area contributed by atoms with Crippen LogP contribution in [-0.2, 0) is 14.4 Å². The predicted molar refractivity (Wildman–Crippen MR) is 121 cm³/mol. The van der Waals surface area contributed by atoms with Crippen LogP contribution in [0.15, 0.2) is 24.3 Å². The number of thiazole rings is 1. The molecule has 0 spiro atoms. The van der Waals surface area contributed by atoms with E-state index in [-0.39, 0.29) is 30.5 Å². The smallest absolute Gasteiger partial charge is 0.370 e. The molecule has 1 amide bonds. The van der Waals surface area contributed by atoms with E-state index in [4.69, 9.17) is 11.1 Å². The first-order chi connectivity index (χ1) is 16.5. The summed E-state index contributed by atoms with van der Waals surface area (Å²) in [7, 11) is 0. The predicted octanol–water partition coefficient (Wildman–Crippen LogP) is 1.96. The Hall–Kier alpha value is -3.26. The molecule has 1 aromatic heterocycles. The number of hydrogen-bond acceptors (Lipinski definition) is 8. The van der Waals surface area contributed by atoms with E-state index < -0.39 is 35.8 Å². The molecule has 35 heavy (non-hydrogen) atoms. The highest BCUT2D eigenvalue weighted by molar-refractivity contribution is 7.20. The van der Waals surface area contributed by atoms with E-state index in [9.17, 15) is 27.6 Å². The second-order valence-corrected chi connectivity index (χ2v) is 9.03. The van der Waals surface area contributed by atoms with Crippen LogP contribution in [0.5, 0.6) is 0 Å². The highest BCUT2D eigenvalue weighted by Gasteiger charge is 2.43. The van der Waals surface area contributed by atoms with Gasteiger partial charge in [0.2, 0.25) is 11.7 Å². The molecule has 1 aliphatic heterocycles. The molecule has 2 atom stereocenters. The maximum Gasteiger partial charge on any atom is 0.492 e. The number of ketones is 1. The van der Waals surface area contributed by atoms with E-state index in [2.05, 4.69) is 20.5 Å². The maximum atomic E-state index is 13.2. The molecule has 0 saturated carbocycles. The van der Waals surface area contributed by atoms with Gasteiger partial charge in [0.25, 0.3) is 0 Å². The average Bonchev–Trinajstić information content (AvgIpc) is 3.24. The van der Waals surface area contributed by atoms with Gasteiger partial charge in [-0.2, -0.15) is 13.2 Å². The first-order valence-corrected chi connectivity index (χ1v) is 11.7. The van der Waals surface area contributed by atoms with E-state index in [0.29, 0.717) is 31.3 Å². The number of carbonyl (C=O) groups excluding carboxylic acids is 3. The van der Waals surface area contributed by atoms with Gasteiger partial charge < -0.3 is 21.2 Å². The van der Waals surface area contributed by atoms with Crippen LogP contribution in [0.1, 0.15) is 35.5 Å². The number of alkyl halides is 3. The number of nitrogens with zero attached hydrogens (tertiary/aromatic N) is 2. The van der Waals surface area contributed by atoms with Gasteiger partial charge >= 0.3 is 12.1 Å². The van der Waals surface area contributed by atoms with E-state index in [1.54, 1.807) is 12.1 Å². The number of hydroxylamine groups is 2. The lowest BCUT2D eigenvalue weighted by Crippen LogP contribution is -2.49. The molecular weight excluding hydrogens is 489 g/mol. The number of rotatable bonds is 9. The summed E-state index contributed by atoms with van der Waals surface area (Å²) in [6.07, 6.45) is -3.82. The third kappa shape index (κ3) is 7.36. The molecule has 1 aromatic carbocycles. The molecule has 14 heteroatoms. The Morgan fingerprint density at radius 1 is 1.31 bits per heavy atom. The van der Waals surface area contributed by atoms with Gasteiger partial charge in [-0.1, -0.05) is 12.1 Å². The molecule has 1 fully saturated rings. The van der Waals surface area contributed by atoms with Crippen LogP contribution < -0.4 is 16.4 Å². The van der Waals surface area contributed by atoms with Crippen molar-refractivity contribution < 1.29 is 32.4 Å². The van der Waals surface area contributed by atoms with Crippen molar-refractivity contribution in [1.29, 1.82) is 5.41 Å². The average molecular weight is 515 g/mol. The Morgan fingerprint density at radius 3 is 2.74 bits per heavy atom. The van der Waals surface area contributed by atoms with Crippen molar-refractivity contribution in [3.05, 3.63) is 29.3 Å². The monoisotopic (exact) mass is 514 g/mol. The second kappa shape index (κ2) is 11.4. The summed E-state index contributed by atoms with van der Waals surface area (Å²) < 4.78 is 38.3. The summed E-state index contributed by atoms with van der Waals surface area (Å²) in [5, 5.41) is 13.6. The van der Waals surface area contributed by atoms with Crippen LogP contribution in [0.25, 0.3) is 10.2 Å². The lowest BCUT2D eigenvalue weighted by molar-refractivity contribution is -0.243. The number of Topliss-reactive ketones (excluding diaryl/α,β-unsaturated/α-hetero) is 1. The van der Waals surface area contributed by atoms with Crippen LogP contribution in [0.4, 0.5) is 13.2 Å². The zero-order valence-corrected chi connectivity index (χ0v) is 19.4. The Kier molecular flexibility index (Phi) is 8.62. The highest BCUT2D eigenvalue weighted by atomic mass is 32.1. The molecular formula is C21H25F3N6O4S. The van der Waals surface area contributed by atoms with Gasteiger partial charge in [0.05, 0.1) is 22.2 Å². The van der Waals surface area contributed by atoms with Crippen molar-refractivity contribution in [2.24, 2.45) is 11.7 Å². The topological polar surface area (TPSA) is 150 Å². The Morgan fingerprint density at radius 2 is 2.06 bits per heavy atom. The van der Waals surface area contributed by atoms with Gasteiger partial charge in [-0.15, -0.1) is 16.4 Å². The van der Waals surface area contributed by atoms with E-state index in [1.165, 1.54) is 11.3 Å². The minimum atomic E-state index is -5.14. The summed E-state index contributed by atoms with van der Waals surface area (Å²) >= 11 is 1.20. The second-order valence-electron chi connectivity index (χ2n) is 8.00. The molecule has 1 saturated heterocycles. The van der Waals surface area contributed by atoms with Gasteiger partial charge in [-0.3, -0.25) is 15.0 Å². The molecule has 1 aliphatic rings. The largest absolute Gasteiger partial charge is 0.492 e. The number of hydrogen-bond donors (Lipinski definition) is 4. The zero-order valence-electron chi connectivity index (χ0n) is 18.6. The fourth-order valence-electron chi connectivity index (χ4n) is 3.62. The van der Waals surface area contributed by atoms with E-state index in [0.717, 1.165) is 9.76 Å². The summed E-state index contributed by atoms with van der Waals surface area (Å²) in [5.74, 6) is -4.26. The van der Waals surface area contributed by atoms with Gasteiger partial charge in [-0.05, 0) is 37.8 Å². The van der Waals surface area contributed by atoms with Gasteiger partial charge in [0.15, 0.2) is 11.0 Å². The lowest BCUT2D eigenvalue weighted by Gasteiger charge is -2.31. The number of aromatic nitrogens is 1. The van der Waals surface area contributed by atoms with Crippen LogP contribution in [0.2, 0.25) is 0 Å². The van der Waals surface area contributed by atoms with Crippen molar-refractivity contribution in [3.63, 3.8) is 0 Å². The number of benzene rings is 1. The van der Waals surface area contributed by atoms with Crippen molar-refractivity contribution in [1.82, 2.24) is 20.7 Å². The van der Waals surface area contributed by atoms with Crippen LogP contribution >= 0.6 is 11.3 Å². The number of carbonyl (C=O) groups is 3. The zero-order chi connectivity index (χ0) is 25.6. The third-order valence-corrected chi connectivity index (χ3v) is 6.37. The van der Waals surface area contributed by atoms with Crippen LogP contribution in [-0.4, -0.2) is 65.5 Å². The SMILES string of the molecule is N=C(N)NCCC[C@@H](NC(=O)[C@H]1CCCN(OC(=O)C(F)(F)F)C1)C(=O)c1nc2ccccc2s1. The fraction of sp³-hybridized carbons (Fsp3) is 0.476. The maximum absolute atomic E-state index is 13.2. The fourth-order valence-corrected chi connectivity index (χ4v) is 4.58. The standard InChI is InChI=1S/C21H25F3N6O4S/c22-21(23,24)19(33)34-30-10-4-5-12(11-30)17(32)28-14(7-3-9-27-20(25)26)16(31)18-29-13-6-1-2-8-15(13)35-18/h1-2,6,8,12,14H,3-5,7,9-11H2,(H,28,32)(H4,25,26,27)/t12-,14+/m0/s1. The van der Waals surface area contributed by atoms with Crippen LogP contribution in [0, 0.1) is 11.3 Å². The summed E-state index contributed by atoms with van der Waals surface area (Å²) in [6.45, 7) is 0.150. The number of piperidine rings is 1. The molecule has 5 N–H and O–H groups in total. The summed E-state index contributed by atoms with van der Waals surface area (Å²) in [4.78, 5) is 46.0. The summed E-state index contributed by atoms with van der Waals surface area (Å²) in [6, 6.07) is 6.27. The summed E-state index contributed by atoms with van der Waals surface area (Å²) in [5.41, 5.74) is 5.92. The number of nitrogens with one attached hydrogen (secondary N) is 3. The normalized spacial score (nSPS) is 17.5. The van der Waals surface area contributed by atoms with E-state index >= 15 is 0 Å². The van der Waals surface area contributed by atoms with Crippen LogP contribution in [0.3, 0.4) is 0 Å². The molecule has 3 rings (SSSR count). The van der Waals surface area contributed by atoms with Crippen molar-refractivity contribution >= 4 is 45.2 Å². The molecule has 10 nitrogen and oxygen atoms in total. The Balaban J connectivity index is 1.68. The number of para-hydroxylation sites is 1. The van der Waals surface area contributed by atoms with Gasteiger partial charge in [0, 0.05) is 19.6 Å². The Labute approximate surface area is 202 Å². The minimum Gasteiger partial charge on any atom is -0.370 e. The van der Waals surface area contributed by atoms with E-state index in [1.807, 2.05) is 12.1 Å². The highest BCUT2D eigenvalue weighted by Crippen LogP contribution is 2.25. The van der Waals surface area contributed by atoms with Gasteiger partial charge in [0.1, 0.15) is 0 Å². The molecule has 2 heterocycles. The Bertz CT molecular complexity index is 1060. The molecule has 2 aromatic rings. The quantitative estimate of drug-likeness (QED) is 0.172. The lowest BCUT2D eigenvalue weighted by atomic mass is 9.97. The first-order valence-electron chi connectivity index (χ1n) is 10.9. The first kappa shape index (κ1) is 26.3. The number of fused-ring (bicyclic) bond motifs is 1. The number of nitrogens with two attached hydrogens (primary N) is 1. The molecule has 0 radical (unpaired) electrons. The molecule has 0 bridgehead atoms. The van der Waals surface area contributed by atoms with Crippen molar-refractivity contribution in [2.45, 2.75) is 37.9 Å². The molecule has 190 valence electrons. The minimum absolute atomic E-state index is 0.0659. The number of guanidine groups is 1. The molecule has 0 aliphatic carbocycles. The van der Waals surface area contributed by atoms with Crippen molar-refractivity contribution in [3.8, 4) is 0 Å².